The minimum absolute atomic E-state index is 0.0106. The van der Waals surface area contributed by atoms with E-state index < -0.39 is 10.0 Å². The third-order valence-corrected chi connectivity index (χ3v) is 7.22. The lowest BCUT2D eigenvalue weighted by atomic mass is 10.1. The first-order valence-corrected chi connectivity index (χ1v) is 11.2. The molecular weight excluding hydrogens is 350 g/mol. The summed E-state index contributed by atoms with van der Waals surface area (Å²) in [6.45, 7) is 5.86. The molecule has 1 aromatic rings. The molecule has 0 unspecified atom stereocenters. The van der Waals surface area contributed by atoms with Gasteiger partial charge in [0.15, 0.2) is 0 Å². The van der Waals surface area contributed by atoms with E-state index in [1.165, 1.54) is 22.8 Å². The number of unbranched alkanes of at least 4 members (excludes halogenated alkanes) is 1. The standard InChI is InChI=1S/C19H29N3O3S/c1-2-3-16-26(24,25)22-14-12-21(13-15-22)19(23)17-6-8-18(9-7-17)20-10-4-5-11-20/h6-9H,2-5,10-16H2,1H3. The van der Waals surface area contributed by atoms with Crippen LogP contribution in [-0.4, -0.2) is 68.6 Å². The molecule has 1 aromatic carbocycles. The van der Waals surface area contributed by atoms with Crippen LogP contribution in [0.15, 0.2) is 24.3 Å². The summed E-state index contributed by atoms with van der Waals surface area (Å²) in [7, 11) is -3.18. The van der Waals surface area contributed by atoms with Gasteiger partial charge in [-0.05, 0) is 43.5 Å². The number of sulfonamides is 1. The first-order chi connectivity index (χ1) is 12.5. The number of amides is 1. The molecule has 2 saturated heterocycles. The van der Waals surface area contributed by atoms with Crippen LogP contribution in [0, 0.1) is 0 Å². The van der Waals surface area contributed by atoms with Crippen molar-refractivity contribution in [3.8, 4) is 0 Å². The number of hydrogen-bond acceptors (Lipinski definition) is 4. The van der Waals surface area contributed by atoms with Gasteiger partial charge in [-0.3, -0.25) is 4.79 Å². The van der Waals surface area contributed by atoms with E-state index in [2.05, 4.69) is 4.90 Å². The zero-order valence-corrected chi connectivity index (χ0v) is 16.4. The fraction of sp³-hybridized carbons (Fsp3) is 0.632. The normalized spacial score (nSPS) is 19.1. The highest BCUT2D eigenvalue weighted by atomic mass is 32.2. The largest absolute Gasteiger partial charge is 0.372 e. The van der Waals surface area contributed by atoms with Crippen LogP contribution >= 0.6 is 0 Å². The van der Waals surface area contributed by atoms with Crippen molar-refractivity contribution in [2.75, 3.05) is 49.9 Å². The summed E-state index contributed by atoms with van der Waals surface area (Å²) in [5.41, 5.74) is 1.85. The molecule has 26 heavy (non-hydrogen) atoms. The lowest BCUT2D eigenvalue weighted by molar-refractivity contribution is 0.0698. The molecule has 0 spiro atoms. The number of piperazine rings is 1. The smallest absolute Gasteiger partial charge is 0.253 e. The molecule has 2 heterocycles. The lowest BCUT2D eigenvalue weighted by Gasteiger charge is -2.34. The number of nitrogens with zero attached hydrogens (tertiary/aromatic N) is 3. The van der Waals surface area contributed by atoms with Crippen LogP contribution in [0.4, 0.5) is 5.69 Å². The molecule has 2 fully saturated rings. The number of rotatable bonds is 6. The van der Waals surface area contributed by atoms with Gasteiger partial charge < -0.3 is 9.80 Å². The summed E-state index contributed by atoms with van der Waals surface area (Å²) in [4.78, 5) is 16.8. The number of carbonyl (C=O) groups excluding carboxylic acids is 1. The van der Waals surface area contributed by atoms with Crippen molar-refractivity contribution in [2.45, 2.75) is 32.6 Å². The summed E-state index contributed by atoms with van der Waals surface area (Å²) < 4.78 is 26.1. The highest BCUT2D eigenvalue weighted by Gasteiger charge is 2.28. The Hall–Kier alpha value is -1.60. The highest BCUT2D eigenvalue weighted by Crippen LogP contribution is 2.21. The minimum Gasteiger partial charge on any atom is -0.372 e. The third-order valence-electron chi connectivity index (χ3n) is 5.26. The van der Waals surface area contributed by atoms with Crippen LogP contribution in [0.1, 0.15) is 43.0 Å². The van der Waals surface area contributed by atoms with Crippen molar-refractivity contribution in [2.24, 2.45) is 0 Å². The average molecular weight is 380 g/mol. The summed E-state index contributed by atoms with van der Waals surface area (Å²) >= 11 is 0. The fourth-order valence-corrected chi connectivity index (χ4v) is 5.23. The third kappa shape index (κ3) is 4.38. The van der Waals surface area contributed by atoms with Crippen molar-refractivity contribution in [1.29, 1.82) is 0 Å². The first kappa shape index (κ1) is 19.2. The van der Waals surface area contributed by atoms with E-state index in [0.717, 1.165) is 19.5 Å². The van der Waals surface area contributed by atoms with E-state index in [-0.39, 0.29) is 11.7 Å². The molecule has 0 bridgehead atoms. The second-order valence-corrected chi connectivity index (χ2v) is 9.19. The Labute approximate surface area is 156 Å². The summed E-state index contributed by atoms with van der Waals surface area (Å²) in [6, 6.07) is 7.81. The van der Waals surface area contributed by atoms with Gasteiger partial charge in [-0.2, -0.15) is 4.31 Å². The van der Waals surface area contributed by atoms with Crippen LogP contribution in [0.3, 0.4) is 0 Å². The summed E-state index contributed by atoms with van der Waals surface area (Å²) in [5.74, 6) is 0.193. The molecule has 3 rings (SSSR count). The van der Waals surface area contributed by atoms with Gasteiger partial charge in [0.2, 0.25) is 10.0 Å². The van der Waals surface area contributed by atoms with Crippen molar-refractivity contribution < 1.29 is 13.2 Å². The van der Waals surface area contributed by atoms with E-state index in [9.17, 15) is 13.2 Å². The highest BCUT2D eigenvalue weighted by molar-refractivity contribution is 7.89. The van der Waals surface area contributed by atoms with Gasteiger partial charge in [-0.15, -0.1) is 0 Å². The second-order valence-electron chi connectivity index (χ2n) is 7.10. The first-order valence-electron chi connectivity index (χ1n) is 9.63. The number of anilines is 1. The molecule has 144 valence electrons. The zero-order valence-electron chi connectivity index (χ0n) is 15.6. The van der Waals surface area contributed by atoms with Gasteiger partial charge >= 0.3 is 0 Å². The molecule has 6 nitrogen and oxygen atoms in total. The van der Waals surface area contributed by atoms with Crippen molar-refractivity contribution >= 4 is 21.6 Å². The van der Waals surface area contributed by atoms with E-state index in [1.807, 2.05) is 31.2 Å². The Morgan fingerprint density at radius 2 is 1.58 bits per heavy atom. The number of carbonyl (C=O) groups is 1. The van der Waals surface area contributed by atoms with Gasteiger partial charge in [-0.25, -0.2) is 8.42 Å². The molecule has 1 amide bonds. The molecule has 0 aliphatic carbocycles. The van der Waals surface area contributed by atoms with E-state index in [0.29, 0.717) is 38.2 Å². The van der Waals surface area contributed by atoms with Crippen LogP contribution in [-0.2, 0) is 10.0 Å². The zero-order chi connectivity index (χ0) is 18.6. The SMILES string of the molecule is CCCCS(=O)(=O)N1CCN(C(=O)c2ccc(N3CCCC3)cc2)CC1. The summed E-state index contributed by atoms with van der Waals surface area (Å²) in [5, 5.41) is 0. The predicted molar refractivity (Wildman–Crippen MR) is 104 cm³/mol. The minimum atomic E-state index is -3.18. The van der Waals surface area contributed by atoms with E-state index in [1.54, 1.807) is 4.90 Å². The Balaban J connectivity index is 1.56. The van der Waals surface area contributed by atoms with Crippen molar-refractivity contribution in [3.63, 3.8) is 0 Å². The number of benzene rings is 1. The monoisotopic (exact) mass is 379 g/mol. The van der Waals surface area contributed by atoms with Gasteiger partial charge in [0.05, 0.1) is 5.75 Å². The number of hydrogen-bond donors (Lipinski definition) is 0. The van der Waals surface area contributed by atoms with Gasteiger partial charge in [0.25, 0.3) is 5.91 Å². The maximum Gasteiger partial charge on any atom is 0.253 e. The molecule has 2 aliphatic heterocycles. The predicted octanol–water partition coefficient (Wildman–Crippen LogP) is 2.17. The van der Waals surface area contributed by atoms with Crippen LogP contribution in [0.2, 0.25) is 0 Å². The second kappa shape index (κ2) is 8.39. The van der Waals surface area contributed by atoms with Crippen LogP contribution in [0.5, 0.6) is 0 Å². The Kier molecular flexibility index (Phi) is 6.19. The Morgan fingerprint density at radius 3 is 2.15 bits per heavy atom. The van der Waals surface area contributed by atoms with Gasteiger partial charge in [0, 0.05) is 50.5 Å². The quantitative estimate of drug-likeness (QED) is 0.760. The summed E-state index contributed by atoms with van der Waals surface area (Å²) in [6.07, 6.45) is 4.01. The van der Waals surface area contributed by atoms with Crippen LogP contribution in [0.25, 0.3) is 0 Å². The van der Waals surface area contributed by atoms with Gasteiger partial charge in [-0.1, -0.05) is 13.3 Å². The molecule has 7 heteroatoms. The molecule has 0 atom stereocenters. The Morgan fingerprint density at radius 1 is 0.962 bits per heavy atom. The molecule has 0 saturated carbocycles. The van der Waals surface area contributed by atoms with E-state index in [4.69, 9.17) is 0 Å². The molecule has 0 radical (unpaired) electrons. The maximum absolute atomic E-state index is 12.7. The molecular formula is C19H29N3O3S. The van der Waals surface area contributed by atoms with Crippen LogP contribution < -0.4 is 4.90 Å². The topological polar surface area (TPSA) is 60.9 Å². The average Bonchev–Trinajstić information content (AvgIpc) is 3.21. The van der Waals surface area contributed by atoms with Crippen molar-refractivity contribution in [3.05, 3.63) is 29.8 Å². The molecule has 0 N–H and O–H groups in total. The fourth-order valence-electron chi connectivity index (χ4n) is 3.60. The van der Waals surface area contributed by atoms with Gasteiger partial charge in [0.1, 0.15) is 0 Å². The van der Waals surface area contributed by atoms with E-state index >= 15 is 0 Å². The van der Waals surface area contributed by atoms with Crippen molar-refractivity contribution in [1.82, 2.24) is 9.21 Å². The maximum atomic E-state index is 12.7. The molecule has 2 aliphatic rings. The molecule has 0 aromatic heterocycles. The lowest BCUT2D eigenvalue weighted by Crippen LogP contribution is -2.51. The Bertz CT molecular complexity index is 704.